The first-order valence-electron chi connectivity index (χ1n) is 7.78. The lowest BCUT2D eigenvalue weighted by molar-refractivity contribution is -0.148. The predicted octanol–water partition coefficient (Wildman–Crippen LogP) is 3.07. The molecule has 18 heavy (non-hydrogen) atoms. The monoisotopic (exact) mass is 269 g/mol. The summed E-state index contributed by atoms with van der Waals surface area (Å²) >= 11 is 2.15. The van der Waals surface area contributed by atoms with Crippen molar-refractivity contribution in [3.8, 4) is 0 Å². The van der Waals surface area contributed by atoms with Crippen molar-refractivity contribution < 1.29 is 4.74 Å². The third-order valence-corrected chi connectivity index (χ3v) is 6.40. The van der Waals surface area contributed by atoms with E-state index in [9.17, 15) is 0 Å². The van der Waals surface area contributed by atoms with Crippen molar-refractivity contribution in [2.24, 2.45) is 11.8 Å². The second-order valence-corrected chi connectivity index (χ2v) is 7.49. The van der Waals surface area contributed by atoms with Gasteiger partial charge in [-0.15, -0.1) is 0 Å². The summed E-state index contributed by atoms with van der Waals surface area (Å²) in [6, 6.07) is 0.756. The molecule has 1 saturated carbocycles. The van der Waals surface area contributed by atoms with Crippen molar-refractivity contribution in [2.75, 3.05) is 24.7 Å². The van der Waals surface area contributed by atoms with Crippen LogP contribution in [0.4, 0.5) is 0 Å². The molecule has 3 heteroatoms. The SMILES string of the molecule is CCNC(C1CCSC1)C1CCOC2(CCC2)C1. The Hall–Kier alpha value is 0.270. The van der Waals surface area contributed by atoms with Crippen LogP contribution in [-0.2, 0) is 4.74 Å². The maximum atomic E-state index is 6.09. The fourth-order valence-corrected chi connectivity index (χ4v) is 5.39. The summed E-state index contributed by atoms with van der Waals surface area (Å²) in [5.41, 5.74) is 0.308. The second kappa shape index (κ2) is 5.72. The number of ether oxygens (including phenoxy) is 1. The molecule has 1 N–H and O–H groups in total. The summed E-state index contributed by atoms with van der Waals surface area (Å²) < 4.78 is 6.09. The van der Waals surface area contributed by atoms with Crippen molar-refractivity contribution in [1.82, 2.24) is 5.32 Å². The number of rotatable bonds is 4. The molecule has 104 valence electrons. The Labute approximate surface area is 116 Å². The molecule has 3 aliphatic rings. The van der Waals surface area contributed by atoms with Crippen LogP contribution in [-0.4, -0.2) is 36.3 Å². The average molecular weight is 269 g/mol. The van der Waals surface area contributed by atoms with Crippen LogP contribution in [0.15, 0.2) is 0 Å². The van der Waals surface area contributed by atoms with Gasteiger partial charge in [-0.05, 0) is 68.4 Å². The van der Waals surface area contributed by atoms with Crippen LogP contribution in [0.2, 0.25) is 0 Å². The third-order valence-electron chi connectivity index (χ3n) is 5.22. The zero-order chi connectivity index (χ0) is 12.4. The van der Waals surface area contributed by atoms with E-state index in [4.69, 9.17) is 4.74 Å². The molecular weight excluding hydrogens is 242 g/mol. The molecule has 0 amide bonds. The van der Waals surface area contributed by atoms with Gasteiger partial charge < -0.3 is 10.1 Å². The molecule has 2 heterocycles. The van der Waals surface area contributed by atoms with E-state index in [0.29, 0.717) is 5.60 Å². The van der Waals surface area contributed by atoms with E-state index in [-0.39, 0.29) is 0 Å². The lowest BCUT2D eigenvalue weighted by atomic mass is 9.69. The first kappa shape index (κ1) is 13.3. The Bertz CT molecular complexity index is 274. The molecule has 0 radical (unpaired) electrons. The van der Waals surface area contributed by atoms with Crippen LogP contribution in [0, 0.1) is 11.8 Å². The van der Waals surface area contributed by atoms with Gasteiger partial charge in [0.05, 0.1) is 5.60 Å². The van der Waals surface area contributed by atoms with Crippen molar-refractivity contribution >= 4 is 11.8 Å². The molecule has 3 fully saturated rings. The minimum atomic E-state index is 0.308. The van der Waals surface area contributed by atoms with E-state index in [1.807, 2.05) is 0 Å². The quantitative estimate of drug-likeness (QED) is 0.847. The van der Waals surface area contributed by atoms with Crippen LogP contribution in [0.1, 0.15) is 45.4 Å². The topological polar surface area (TPSA) is 21.3 Å². The summed E-state index contributed by atoms with van der Waals surface area (Å²) in [5.74, 6) is 4.53. The van der Waals surface area contributed by atoms with E-state index in [1.54, 1.807) is 0 Å². The molecule has 2 nitrogen and oxygen atoms in total. The molecule has 0 aromatic rings. The molecule has 3 atom stereocenters. The highest BCUT2D eigenvalue weighted by Crippen LogP contribution is 2.46. The van der Waals surface area contributed by atoms with Gasteiger partial charge in [0.2, 0.25) is 0 Å². The fourth-order valence-electron chi connectivity index (χ4n) is 4.08. The van der Waals surface area contributed by atoms with Crippen LogP contribution in [0.25, 0.3) is 0 Å². The Morgan fingerprint density at radius 3 is 2.83 bits per heavy atom. The first-order chi connectivity index (χ1) is 8.83. The molecule has 0 bridgehead atoms. The molecular formula is C15H27NOS. The average Bonchev–Trinajstić information content (AvgIpc) is 2.88. The van der Waals surface area contributed by atoms with Gasteiger partial charge in [0.1, 0.15) is 0 Å². The van der Waals surface area contributed by atoms with E-state index in [2.05, 4.69) is 24.0 Å². The Kier molecular flexibility index (Phi) is 4.21. The highest BCUT2D eigenvalue weighted by atomic mass is 32.2. The van der Waals surface area contributed by atoms with Gasteiger partial charge in [0.15, 0.2) is 0 Å². The summed E-state index contributed by atoms with van der Waals surface area (Å²) in [4.78, 5) is 0. The maximum absolute atomic E-state index is 6.09. The molecule has 3 unspecified atom stereocenters. The van der Waals surface area contributed by atoms with Gasteiger partial charge in [-0.1, -0.05) is 6.92 Å². The fraction of sp³-hybridized carbons (Fsp3) is 1.00. The van der Waals surface area contributed by atoms with Gasteiger partial charge in [0, 0.05) is 12.6 Å². The lowest BCUT2D eigenvalue weighted by Crippen LogP contribution is -2.52. The van der Waals surface area contributed by atoms with E-state index < -0.39 is 0 Å². The first-order valence-corrected chi connectivity index (χ1v) is 8.93. The van der Waals surface area contributed by atoms with Crippen molar-refractivity contribution in [3.05, 3.63) is 0 Å². The standard InChI is InChI=1S/C15H27NOS/c1-2-16-14(13-5-9-18-11-13)12-4-8-17-15(10-12)6-3-7-15/h12-14,16H,2-11H2,1H3. The van der Waals surface area contributed by atoms with Gasteiger partial charge >= 0.3 is 0 Å². The van der Waals surface area contributed by atoms with Crippen molar-refractivity contribution in [3.63, 3.8) is 0 Å². The largest absolute Gasteiger partial charge is 0.375 e. The summed E-state index contributed by atoms with van der Waals surface area (Å²) in [7, 11) is 0. The smallest absolute Gasteiger partial charge is 0.0685 e. The molecule has 2 saturated heterocycles. The van der Waals surface area contributed by atoms with Gasteiger partial charge in [0.25, 0.3) is 0 Å². The summed E-state index contributed by atoms with van der Waals surface area (Å²) in [5, 5.41) is 3.81. The molecule has 0 aromatic carbocycles. The molecule has 1 aliphatic carbocycles. The summed E-state index contributed by atoms with van der Waals surface area (Å²) in [6.07, 6.45) is 8.06. The van der Waals surface area contributed by atoms with Crippen LogP contribution in [0.3, 0.4) is 0 Å². The number of thioether (sulfide) groups is 1. The zero-order valence-electron chi connectivity index (χ0n) is 11.6. The number of hydrogen-bond acceptors (Lipinski definition) is 3. The Morgan fingerprint density at radius 2 is 2.22 bits per heavy atom. The molecule has 0 aromatic heterocycles. The van der Waals surface area contributed by atoms with Crippen molar-refractivity contribution in [2.45, 2.75) is 57.1 Å². The number of hydrogen-bond donors (Lipinski definition) is 1. The van der Waals surface area contributed by atoms with Gasteiger partial charge in [-0.25, -0.2) is 0 Å². The normalized spacial score (nSPS) is 36.5. The highest BCUT2D eigenvalue weighted by Gasteiger charge is 2.45. The Balaban J connectivity index is 1.65. The molecule has 3 rings (SSSR count). The minimum absolute atomic E-state index is 0.308. The minimum Gasteiger partial charge on any atom is -0.375 e. The van der Waals surface area contributed by atoms with Crippen LogP contribution in [0.5, 0.6) is 0 Å². The van der Waals surface area contributed by atoms with Gasteiger partial charge in [-0.2, -0.15) is 11.8 Å². The zero-order valence-corrected chi connectivity index (χ0v) is 12.4. The van der Waals surface area contributed by atoms with E-state index >= 15 is 0 Å². The third kappa shape index (κ3) is 2.59. The highest BCUT2D eigenvalue weighted by molar-refractivity contribution is 7.99. The maximum Gasteiger partial charge on any atom is 0.0685 e. The van der Waals surface area contributed by atoms with Crippen molar-refractivity contribution in [1.29, 1.82) is 0 Å². The van der Waals surface area contributed by atoms with Gasteiger partial charge in [-0.3, -0.25) is 0 Å². The summed E-state index contributed by atoms with van der Waals surface area (Å²) in [6.45, 7) is 4.39. The molecule has 1 spiro atoms. The Morgan fingerprint density at radius 1 is 1.33 bits per heavy atom. The lowest BCUT2D eigenvalue weighted by Gasteiger charge is -2.49. The molecule has 2 aliphatic heterocycles. The number of nitrogens with one attached hydrogen (secondary N) is 1. The second-order valence-electron chi connectivity index (χ2n) is 6.35. The van der Waals surface area contributed by atoms with E-state index in [1.165, 1.54) is 50.0 Å². The van der Waals surface area contributed by atoms with Crippen LogP contribution < -0.4 is 5.32 Å². The predicted molar refractivity (Wildman–Crippen MR) is 78.2 cm³/mol. The van der Waals surface area contributed by atoms with Crippen LogP contribution >= 0.6 is 11.8 Å². The van der Waals surface area contributed by atoms with E-state index in [0.717, 1.165) is 31.0 Å².